The van der Waals surface area contributed by atoms with Crippen molar-refractivity contribution in [2.45, 2.75) is 0 Å². The Kier molecular flexibility index (Phi) is 13.5. The molecule has 0 unspecified atom stereocenters. The Hall–Kier alpha value is 0.824. The van der Waals surface area contributed by atoms with E-state index in [1.54, 1.807) is 0 Å². The van der Waals surface area contributed by atoms with E-state index in [0.717, 1.165) is 0 Å². The van der Waals surface area contributed by atoms with Crippen LogP contribution in [0.1, 0.15) is 0 Å². The van der Waals surface area contributed by atoms with Crippen LogP contribution < -0.4 is 0 Å². The zero-order valence-electron chi connectivity index (χ0n) is 3.97. The monoisotopic (exact) mass is 206 g/mol. The Labute approximate surface area is 80.3 Å². The van der Waals surface area contributed by atoms with Gasteiger partial charge in [0.1, 0.15) is 0 Å². The standard InChI is InChI=1S/BH3O3.Mn.Na.H2O.3O.H/c2-1(3)4;;;;;;;/h2-4H;;;1H2;;;;/q;+1;;;;;;/p-1. The molecule has 0 aromatic carbocycles. The molecular formula is H5BMnNaO7. The molecule has 4 N–H and O–H groups in total. The van der Waals surface area contributed by atoms with Gasteiger partial charge in [0.25, 0.3) is 0 Å². The molecule has 0 atom stereocenters. The molecule has 0 heterocycles. The average molecular weight is 206 g/mol. The first-order valence-corrected chi connectivity index (χ1v) is 3.38. The van der Waals surface area contributed by atoms with E-state index in [4.69, 9.17) is 30.8 Å². The van der Waals surface area contributed by atoms with E-state index in [-0.39, 0.29) is 29.6 Å². The summed E-state index contributed by atoms with van der Waals surface area (Å²) in [6.07, 6.45) is 0. The van der Waals surface area contributed by atoms with Gasteiger partial charge in [0.2, 0.25) is 0 Å². The Bertz CT molecular complexity index is 166. The van der Waals surface area contributed by atoms with Gasteiger partial charge in [-0.1, -0.05) is 0 Å². The fraction of sp³-hybridized carbons (Fsp3) is 0. The quantitative estimate of drug-likeness (QED) is 0.300. The summed E-state index contributed by atoms with van der Waals surface area (Å²) in [7, 11) is -2.17. The molecule has 0 amide bonds. The van der Waals surface area contributed by atoms with E-state index in [0.29, 0.717) is 0 Å². The molecule has 0 fully saturated rings. The van der Waals surface area contributed by atoms with Crippen LogP contribution in [-0.2, 0) is 24.5 Å². The topological polar surface area (TPSA) is 132 Å². The minimum absolute atomic E-state index is 0. The van der Waals surface area contributed by atoms with Crippen LogP contribution in [0, 0.1) is 0 Å². The number of hydrogen-bond acceptors (Lipinski definition) is 6. The van der Waals surface area contributed by atoms with Crippen molar-refractivity contribution in [3.05, 3.63) is 0 Å². The average Bonchev–Trinajstić information content (AvgIpc) is 1.19. The molecule has 0 aromatic heterocycles. The summed E-state index contributed by atoms with van der Waals surface area (Å²) in [6.45, 7) is 0. The van der Waals surface area contributed by atoms with E-state index in [2.05, 4.69) is 0 Å². The van der Waals surface area contributed by atoms with Gasteiger partial charge in [-0.25, -0.2) is 0 Å². The second-order valence-electron chi connectivity index (χ2n) is 0.742. The molecule has 0 bridgehead atoms. The molecule has 0 aliphatic rings. The maximum atomic E-state index is 8.69. The van der Waals surface area contributed by atoms with Crippen LogP contribution in [0.2, 0.25) is 0 Å². The second kappa shape index (κ2) is 7.93. The van der Waals surface area contributed by atoms with Crippen molar-refractivity contribution in [3.63, 3.8) is 0 Å². The summed E-state index contributed by atoms with van der Waals surface area (Å²) in [6, 6.07) is 0. The molecule has 0 spiro atoms. The third-order valence-electron chi connectivity index (χ3n) is 0. The van der Waals surface area contributed by atoms with Gasteiger partial charge < -0.3 is 15.1 Å². The summed E-state index contributed by atoms with van der Waals surface area (Å²) in [4.78, 5) is 0. The van der Waals surface area contributed by atoms with Gasteiger partial charge in [0.05, 0.1) is 0 Å². The number of rotatable bonds is 0. The summed E-state index contributed by atoms with van der Waals surface area (Å²) >= 11 is -5.38. The molecule has 0 aromatic rings. The van der Waals surface area contributed by atoms with E-state index in [9.17, 15) is 0 Å². The van der Waals surface area contributed by atoms with Crippen molar-refractivity contribution < 1.29 is 43.7 Å². The van der Waals surface area contributed by atoms with Gasteiger partial charge in [0.15, 0.2) is 0 Å². The SMILES string of the molecule is OB(O)O.[NaH].[O]=[Mn](=[O])(=[O])[OH]. The molecule has 0 saturated carbocycles. The van der Waals surface area contributed by atoms with Crippen LogP contribution in [0.5, 0.6) is 0 Å². The van der Waals surface area contributed by atoms with Gasteiger partial charge in [0, 0.05) is 0 Å². The van der Waals surface area contributed by atoms with E-state index in [1.807, 2.05) is 0 Å². The zero-order valence-corrected chi connectivity index (χ0v) is 5.15. The van der Waals surface area contributed by atoms with Crippen LogP contribution in [0.25, 0.3) is 0 Å². The van der Waals surface area contributed by atoms with Crippen LogP contribution in [-0.4, -0.2) is 56.1 Å². The summed E-state index contributed by atoms with van der Waals surface area (Å²) in [5, 5.41) is 21.5. The zero-order chi connectivity index (χ0) is 8.08. The summed E-state index contributed by atoms with van der Waals surface area (Å²) < 4.78 is 33.1. The van der Waals surface area contributed by atoms with Crippen molar-refractivity contribution in [2.24, 2.45) is 0 Å². The third-order valence-corrected chi connectivity index (χ3v) is 0. The third kappa shape index (κ3) is 795. The fourth-order valence-electron chi connectivity index (χ4n) is 0. The molecular weight excluding hydrogens is 201 g/mol. The molecule has 0 aliphatic carbocycles. The molecule has 0 rings (SSSR count). The predicted molar refractivity (Wildman–Crippen MR) is 23.8 cm³/mol. The van der Waals surface area contributed by atoms with Gasteiger partial charge in [-0.2, -0.15) is 0 Å². The van der Waals surface area contributed by atoms with Crippen LogP contribution >= 0.6 is 0 Å². The fourth-order valence-corrected chi connectivity index (χ4v) is 0. The second-order valence-corrected chi connectivity index (χ2v) is 1.98. The van der Waals surface area contributed by atoms with Gasteiger partial charge >= 0.3 is 65.5 Å². The van der Waals surface area contributed by atoms with Gasteiger partial charge in [-0.15, -0.1) is 0 Å². The van der Waals surface area contributed by atoms with Gasteiger partial charge in [-0.05, 0) is 0 Å². The molecule has 0 aliphatic heterocycles. The first-order valence-electron chi connectivity index (χ1n) is 1.41. The Morgan fingerprint density at radius 2 is 1.00 bits per heavy atom. The van der Waals surface area contributed by atoms with E-state index in [1.165, 1.54) is 0 Å². The Morgan fingerprint density at radius 1 is 1.00 bits per heavy atom. The summed E-state index contributed by atoms with van der Waals surface area (Å²) in [5.74, 6) is 0. The summed E-state index contributed by atoms with van der Waals surface area (Å²) in [5.41, 5.74) is 0. The minimum atomic E-state index is -5.38. The molecule has 0 radical (unpaired) electrons. The molecule has 58 valence electrons. The Balaban J connectivity index is -0.0000000910. The molecule has 0 saturated heterocycles. The van der Waals surface area contributed by atoms with Crippen LogP contribution in [0.4, 0.5) is 0 Å². The molecule has 10 heteroatoms. The first kappa shape index (κ1) is 17.1. The first-order chi connectivity index (χ1) is 3.73. The van der Waals surface area contributed by atoms with E-state index < -0.39 is 20.3 Å². The Morgan fingerprint density at radius 3 is 1.00 bits per heavy atom. The molecule has 10 heavy (non-hydrogen) atoms. The number of hydrogen-bond donors (Lipinski definition) is 4. The van der Waals surface area contributed by atoms with E-state index >= 15 is 0 Å². The van der Waals surface area contributed by atoms with Crippen molar-refractivity contribution in [1.29, 1.82) is 0 Å². The maximum absolute atomic E-state index is 8.69. The predicted octanol–water partition coefficient (Wildman–Crippen LogP) is -3.62. The van der Waals surface area contributed by atoms with Crippen LogP contribution in [0.3, 0.4) is 0 Å². The molecule has 7 nitrogen and oxygen atoms in total. The van der Waals surface area contributed by atoms with Crippen molar-refractivity contribution >= 4 is 36.9 Å². The van der Waals surface area contributed by atoms with Crippen molar-refractivity contribution in [3.8, 4) is 0 Å². The van der Waals surface area contributed by atoms with Gasteiger partial charge in [-0.3, -0.25) is 0 Å². The normalized spacial score (nSPS) is 8.40. The van der Waals surface area contributed by atoms with Crippen molar-refractivity contribution in [1.82, 2.24) is 0 Å². The van der Waals surface area contributed by atoms with Crippen LogP contribution in [0.15, 0.2) is 0 Å². The van der Waals surface area contributed by atoms with Crippen molar-refractivity contribution in [2.75, 3.05) is 0 Å².